The van der Waals surface area contributed by atoms with Crippen LogP contribution in [0.5, 0.6) is 11.5 Å². The van der Waals surface area contributed by atoms with Crippen molar-refractivity contribution in [1.82, 2.24) is 4.90 Å². The first-order valence-electron chi connectivity index (χ1n) is 9.25. The van der Waals surface area contributed by atoms with Crippen molar-refractivity contribution in [3.8, 4) is 11.5 Å². The van der Waals surface area contributed by atoms with Crippen LogP contribution in [-0.4, -0.2) is 37.3 Å². The summed E-state index contributed by atoms with van der Waals surface area (Å²) in [5.74, 6) is 2.70. The van der Waals surface area contributed by atoms with E-state index in [1.165, 1.54) is 11.1 Å². The molecule has 0 aliphatic carbocycles. The number of methoxy groups -OCH3 is 2. The number of thioether (sulfide) groups is 1. The molecule has 1 aliphatic rings. The lowest BCUT2D eigenvalue weighted by Crippen LogP contribution is -2.30. The maximum absolute atomic E-state index is 12.4. The third kappa shape index (κ3) is 4.41. The summed E-state index contributed by atoms with van der Waals surface area (Å²) in [6.45, 7) is 5.08. The van der Waals surface area contributed by atoms with Crippen LogP contribution in [0.15, 0.2) is 42.5 Å². The van der Waals surface area contributed by atoms with Gasteiger partial charge in [-0.15, -0.1) is 11.8 Å². The van der Waals surface area contributed by atoms with E-state index < -0.39 is 0 Å². The lowest BCUT2D eigenvalue weighted by molar-refractivity contribution is -0.128. The summed E-state index contributed by atoms with van der Waals surface area (Å²) in [5, 5.41) is 0.0962. The highest BCUT2D eigenvalue weighted by Crippen LogP contribution is 2.39. The first-order valence-corrected chi connectivity index (χ1v) is 10.3. The summed E-state index contributed by atoms with van der Waals surface area (Å²) < 4.78 is 10.7. The summed E-state index contributed by atoms with van der Waals surface area (Å²) in [6.07, 6.45) is 0.785. The Labute approximate surface area is 165 Å². The zero-order valence-electron chi connectivity index (χ0n) is 16.4. The molecule has 0 aromatic heterocycles. The predicted molar refractivity (Wildman–Crippen MR) is 111 cm³/mol. The Morgan fingerprint density at radius 3 is 2.41 bits per heavy atom. The van der Waals surface area contributed by atoms with Gasteiger partial charge in [0.25, 0.3) is 0 Å². The van der Waals surface area contributed by atoms with Crippen LogP contribution in [0.25, 0.3) is 0 Å². The maximum Gasteiger partial charge on any atom is 0.233 e. The van der Waals surface area contributed by atoms with Gasteiger partial charge >= 0.3 is 0 Å². The molecule has 1 atom stereocenters. The van der Waals surface area contributed by atoms with Crippen molar-refractivity contribution in [2.45, 2.75) is 31.6 Å². The number of rotatable bonds is 7. The average Bonchev–Trinajstić information content (AvgIpc) is 3.06. The average molecular weight is 386 g/mol. The molecule has 2 aromatic carbocycles. The van der Waals surface area contributed by atoms with E-state index in [0.717, 1.165) is 23.5 Å². The number of nitrogens with zero attached hydrogens (tertiary/aromatic N) is 1. The van der Waals surface area contributed by atoms with Crippen LogP contribution in [-0.2, 0) is 11.2 Å². The fourth-order valence-electron chi connectivity index (χ4n) is 3.30. The third-order valence-electron chi connectivity index (χ3n) is 4.95. The maximum atomic E-state index is 12.4. The van der Waals surface area contributed by atoms with E-state index in [1.807, 2.05) is 23.1 Å². The van der Waals surface area contributed by atoms with Gasteiger partial charge in [-0.2, -0.15) is 0 Å². The van der Waals surface area contributed by atoms with Gasteiger partial charge in [0.05, 0.1) is 20.0 Å². The van der Waals surface area contributed by atoms with Crippen molar-refractivity contribution in [1.29, 1.82) is 0 Å². The summed E-state index contributed by atoms with van der Waals surface area (Å²) in [7, 11) is 3.27. The van der Waals surface area contributed by atoms with Gasteiger partial charge in [0.2, 0.25) is 5.91 Å². The van der Waals surface area contributed by atoms with Crippen molar-refractivity contribution in [3.05, 3.63) is 59.2 Å². The normalized spacial score (nSPS) is 16.9. The Hall–Kier alpha value is -2.14. The van der Waals surface area contributed by atoms with Crippen molar-refractivity contribution in [2.75, 3.05) is 26.5 Å². The molecule has 1 amide bonds. The van der Waals surface area contributed by atoms with E-state index in [0.29, 0.717) is 18.2 Å². The van der Waals surface area contributed by atoms with E-state index in [4.69, 9.17) is 9.47 Å². The molecule has 3 rings (SSSR count). The predicted octanol–water partition coefficient (Wildman–Crippen LogP) is 4.64. The minimum atomic E-state index is 0.0962. The first kappa shape index (κ1) is 19.6. The molecule has 2 aromatic rings. The second-order valence-electron chi connectivity index (χ2n) is 7.01. The van der Waals surface area contributed by atoms with Gasteiger partial charge in [-0.05, 0) is 41.2 Å². The summed E-state index contributed by atoms with van der Waals surface area (Å²) in [5.41, 5.74) is 3.65. The van der Waals surface area contributed by atoms with Gasteiger partial charge in [-0.25, -0.2) is 0 Å². The molecule has 0 saturated carbocycles. The molecule has 4 nitrogen and oxygen atoms in total. The number of benzene rings is 2. The van der Waals surface area contributed by atoms with Crippen LogP contribution in [0.3, 0.4) is 0 Å². The van der Waals surface area contributed by atoms with Gasteiger partial charge in [0, 0.05) is 6.54 Å². The molecule has 1 aliphatic heterocycles. The van der Waals surface area contributed by atoms with Crippen LogP contribution in [0, 0.1) is 0 Å². The Kier molecular flexibility index (Phi) is 6.32. The quantitative estimate of drug-likeness (QED) is 0.696. The van der Waals surface area contributed by atoms with Gasteiger partial charge in [-0.1, -0.05) is 44.2 Å². The van der Waals surface area contributed by atoms with Gasteiger partial charge in [-0.3, -0.25) is 4.79 Å². The Morgan fingerprint density at radius 2 is 1.78 bits per heavy atom. The third-order valence-corrected chi connectivity index (χ3v) is 6.20. The Morgan fingerprint density at radius 1 is 1.07 bits per heavy atom. The summed E-state index contributed by atoms with van der Waals surface area (Å²) in [4.78, 5) is 14.4. The topological polar surface area (TPSA) is 38.8 Å². The van der Waals surface area contributed by atoms with Crippen molar-refractivity contribution < 1.29 is 14.3 Å². The molecule has 1 fully saturated rings. The number of hydrogen-bond donors (Lipinski definition) is 0. The second-order valence-corrected chi connectivity index (χ2v) is 8.08. The SMILES string of the molecule is COc1ccc(CCN2C(=O)CS[C@H]2c2ccc(C(C)C)cc2)cc1OC. The smallest absolute Gasteiger partial charge is 0.233 e. The molecule has 144 valence electrons. The van der Waals surface area contributed by atoms with E-state index >= 15 is 0 Å². The number of hydrogen-bond acceptors (Lipinski definition) is 4. The van der Waals surface area contributed by atoms with Crippen LogP contribution in [0.2, 0.25) is 0 Å². The van der Waals surface area contributed by atoms with E-state index in [9.17, 15) is 4.79 Å². The summed E-state index contributed by atoms with van der Waals surface area (Å²) >= 11 is 1.71. The lowest BCUT2D eigenvalue weighted by Gasteiger charge is -2.25. The minimum Gasteiger partial charge on any atom is -0.493 e. The molecular weight excluding hydrogens is 358 g/mol. The van der Waals surface area contributed by atoms with Crippen molar-refractivity contribution in [2.24, 2.45) is 0 Å². The molecule has 27 heavy (non-hydrogen) atoms. The molecule has 1 saturated heterocycles. The highest BCUT2D eigenvalue weighted by molar-refractivity contribution is 8.00. The van der Waals surface area contributed by atoms with Crippen LogP contribution in [0.1, 0.15) is 41.8 Å². The summed E-state index contributed by atoms with van der Waals surface area (Å²) in [6, 6.07) is 14.6. The fourth-order valence-corrected chi connectivity index (χ4v) is 4.52. The molecule has 5 heteroatoms. The second kappa shape index (κ2) is 8.70. The molecule has 0 bridgehead atoms. The number of ether oxygens (including phenoxy) is 2. The Bertz CT molecular complexity index is 789. The van der Waals surface area contributed by atoms with E-state index in [-0.39, 0.29) is 11.3 Å². The standard InChI is InChI=1S/C22H27NO3S/c1-15(2)17-6-8-18(9-7-17)22-23(21(24)14-27-22)12-11-16-5-10-19(25-3)20(13-16)26-4/h5-10,13,15,22H,11-12,14H2,1-4H3/t22-/m0/s1. The van der Waals surface area contributed by atoms with Crippen molar-refractivity contribution >= 4 is 17.7 Å². The van der Waals surface area contributed by atoms with Crippen LogP contribution < -0.4 is 9.47 Å². The molecule has 0 unspecified atom stereocenters. The fraction of sp³-hybridized carbons (Fsp3) is 0.409. The van der Waals surface area contributed by atoms with E-state index in [2.05, 4.69) is 38.1 Å². The van der Waals surface area contributed by atoms with E-state index in [1.54, 1.807) is 26.0 Å². The largest absolute Gasteiger partial charge is 0.493 e. The number of carbonyl (C=O) groups is 1. The molecule has 0 N–H and O–H groups in total. The van der Waals surface area contributed by atoms with Gasteiger partial charge in [0.15, 0.2) is 11.5 Å². The lowest BCUT2D eigenvalue weighted by atomic mass is 10.0. The zero-order chi connectivity index (χ0) is 19.4. The zero-order valence-corrected chi connectivity index (χ0v) is 17.2. The molecule has 0 spiro atoms. The minimum absolute atomic E-state index is 0.0962. The van der Waals surface area contributed by atoms with Crippen LogP contribution >= 0.6 is 11.8 Å². The highest BCUT2D eigenvalue weighted by atomic mass is 32.2. The monoisotopic (exact) mass is 385 g/mol. The highest BCUT2D eigenvalue weighted by Gasteiger charge is 2.32. The van der Waals surface area contributed by atoms with Crippen LogP contribution in [0.4, 0.5) is 0 Å². The van der Waals surface area contributed by atoms with Gasteiger partial charge < -0.3 is 14.4 Å². The molecular formula is C22H27NO3S. The number of amides is 1. The first-order chi connectivity index (χ1) is 13.0. The van der Waals surface area contributed by atoms with Crippen molar-refractivity contribution in [3.63, 3.8) is 0 Å². The Balaban J connectivity index is 1.71. The number of carbonyl (C=O) groups excluding carboxylic acids is 1. The molecule has 1 heterocycles. The van der Waals surface area contributed by atoms with Gasteiger partial charge in [0.1, 0.15) is 5.37 Å². The molecule has 0 radical (unpaired) electrons.